The smallest absolute Gasteiger partial charge is 0.244 e. The fraction of sp³-hybridized carbons (Fsp3) is 0.727. The second-order valence-electron chi connectivity index (χ2n) is 4.16. The van der Waals surface area contributed by atoms with E-state index in [1.165, 1.54) is 0 Å². The number of anilines is 1. The highest BCUT2D eigenvalue weighted by molar-refractivity contribution is 6.28. The molecular formula is C11H17ClN4O. The molecule has 5 nitrogen and oxygen atoms in total. The third-order valence-electron chi connectivity index (χ3n) is 2.78. The van der Waals surface area contributed by atoms with Crippen LogP contribution in [0.3, 0.4) is 0 Å². The Kier molecular flexibility index (Phi) is 4.50. The van der Waals surface area contributed by atoms with E-state index in [4.69, 9.17) is 16.3 Å². The van der Waals surface area contributed by atoms with Gasteiger partial charge in [-0.1, -0.05) is 6.92 Å². The summed E-state index contributed by atoms with van der Waals surface area (Å²) in [5.74, 6) is 0.787. The van der Waals surface area contributed by atoms with Gasteiger partial charge in [-0.15, -0.1) is 5.10 Å². The summed E-state index contributed by atoms with van der Waals surface area (Å²) in [5, 5.41) is 7.66. The minimum Gasteiger partial charge on any atom is -0.376 e. The van der Waals surface area contributed by atoms with Crippen molar-refractivity contribution >= 4 is 17.4 Å². The van der Waals surface area contributed by atoms with Gasteiger partial charge in [0.1, 0.15) is 0 Å². The average molecular weight is 257 g/mol. The van der Waals surface area contributed by atoms with Gasteiger partial charge in [0.15, 0.2) is 5.82 Å². The molecule has 1 saturated heterocycles. The zero-order valence-corrected chi connectivity index (χ0v) is 10.7. The molecule has 94 valence electrons. The maximum absolute atomic E-state index is 5.78. The van der Waals surface area contributed by atoms with E-state index in [9.17, 15) is 0 Å². The predicted octanol–water partition coefficient (Wildman–Crippen LogP) is 1.92. The van der Waals surface area contributed by atoms with E-state index in [1.807, 2.05) is 0 Å². The second kappa shape index (κ2) is 6.12. The molecule has 2 rings (SSSR count). The molecule has 0 aliphatic carbocycles. The molecule has 1 unspecified atom stereocenters. The van der Waals surface area contributed by atoms with E-state index < -0.39 is 0 Å². The van der Waals surface area contributed by atoms with Gasteiger partial charge < -0.3 is 9.64 Å². The summed E-state index contributed by atoms with van der Waals surface area (Å²) >= 11 is 5.74. The first kappa shape index (κ1) is 12.5. The van der Waals surface area contributed by atoms with Crippen molar-refractivity contribution in [2.45, 2.75) is 32.3 Å². The van der Waals surface area contributed by atoms with Crippen molar-refractivity contribution < 1.29 is 4.74 Å². The Morgan fingerprint density at radius 2 is 2.47 bits per heavy atom. The molecule has 0 aromatic carbocycles. The van der Waals surface area contributed by atoms with Gasteiger partial charge in [-0.2, -0.15) is 10.1 Å². The van der Waals surface area contributed by atoms with Crippen LogP contribution in [0.5, 0.6) is 0 Å². The lowest BCUT2D eigenvalue weighted by molar-refractivity contribution is 0.0439. The average Bonchev–Trinajstić information content (AvgIpc) is 2.37. The lowest BCUT2D eigenvalue weighted by Crippen LogP contribution is -2.40. The summed E-state index contributed by atoms with van der Waals surface area (Å²) in [6, 6.07) is 0. The third kappa shape index (κ3) is 3.51. The maximum atomic E-state index is 5.78. The molecule has 1 aromatic heterocycles. The standard InChI is InChI=1S/C11H17ClN4O/c1-2-6-17-9-4-3-5-16(8-9)10-7-13-15-11(12)14-10/h7,9H,2-6,8H2,1H3. The molecule has 2 heterocycles. The van der Waals surface area contributed by atoms with Crippen molar-refractivity contribution in [1.82, 2.24) is 15.2 Å². The van der Waals surface area contributed by atoms with E-state index >= 15 is 0 Å². The second-order valence-corrected chi connectivity index (χ2v) is 4.50. The molecule has 0 saturated carbocycles. The molecule has 17 heavy (non-hydrogen) atoms. The van der Waals surface area contributed by atoms with Crippen molar-refractivity contribution in [2.24, 2.45) is 0 Å². The number of hydrogen-bond acceptors (Lipinski definition) is 5. The van der Waals surface area contributed by atoms with Crippen LogP contribution in [0, 0.1) is 0 Å². The number of aromatic nitrogens is 3. The number of halogens is 1. The van der Waals surface area contributed by atoms with Gasteiger partial charge in [0.25, 0.3) is 0 Å². The number of piperidine rings is 1. The van der Waals surface area contributed by atoms with Crippen LogP contribution >= 0.6 is 11.6 Å². The zero-order valence-electron chi connectivity index (χ0n) is 9.97. The van der Waals surface area contributed by atoms with Gasteiger partial charge >= 0.3 is 0 Å². The highest BCUT2D eigenvalue weighted by Crippen LogP contribution is 2.19. The Labute approximate surface area is 106 Å². The van der Waals surface area contributed by atoms with Crippen molar-refractivity contribution in [2.75, 3.05) is 24.6 Å². The first-order valence-corrected chi connectivity index (χ1v) is 6.39. The van der Waals surface area contributed by atoms with Crippen LogP contribution in [-0.2, 0) is 4.74 Å². The van der Waals surface area contributed by atoms with E-state index in [0.717, 1.165) is 44.8 Å². The molecule has 1 atom stereocenters. The monoisotopic (exact) mass is 256 g/mol. The Bertz CT molecular complexity index is 363. The molecule has 0 spiro atoms. The maximum Gasteiger partial charge on any atom is 0.244 e. The van der Waals surface area contributed by atoms with Crippen molar-refractivity contribution in [3.05, 3.63) is 11.5 Å². The van der Waals surface area contributed by atoms with E-state index in [-0.39, 0.29) is 11.4 Å². The summed E-state index contributed by atoms with van der Waals surface area (Å²) in [4.78, 5) is 6.33. The topological polar surface area (TPSA) is 51.1 Å². The molecule has 1 aromatic rings. The minimum absolute atomic E-state index is 0.194. The van der Waals surface area contributed by atoms with Crippen molar-refractivity contribution in [3.63, 3.8) is 0 Å². The Hall–Kier alpha value is -0.940. The van der Waals surface area contributed by atoms with Gasteiger partial charge in [0.05, 0.1) is 12.3 Å². The minimum atomic E-state index is 0.194. The third-order valence-corrected chi connectivity index (χ3v) is 2.94. The summed E-state index contributed by atoms with van der Waals surface area (Å²) in [6.07, 6.45) is 5.21. The lowest BCUT2D eigenvalue weighted by atomic mass is 10.1. The highest BCUT2D eigenvalue weighted by Gasteiger charge is 2.21. The Balaban J connectivity index is 1.97. The summed E-state index contributed by atoms with van der Waals surface area (Å²) in [5.41, 5.74) is 0. The summed E-state index contributed by atoms with van der Waals surface area (Å²) in [7, 11) is 0. The van der Waals surface area contributed by atoms with Crippen LogP contribution < -0.4 is 4.90 Å². The largest absolute Gasteiger partial charge is 0.376 e. The highest BCUT2D eigenvalue weighted by atomic mass is 35.5. The number of hydrogen-bond donors (Lipinski definition) is 0. The number of ether oxygens (including phenoxy) is 1. The van der Waals surface area contributed by atoms with E-state index in [2.05, 4.69) is 27.0 Å². The molecule has 0 radical (unpaired) electrons. The van der Waals surface area contributed by atoms with Gasteiger partial charge in [-0.05, 0) is 30.9 Å². The molecule has 6 heteroatoms. The number of rotatable bonds is 4. The van der Waals surface area contributed by atoms with Gasteiger partial charge in [0.2, 0.25) is 5.28 Å². The fourth-order valence-electron chi connectivity index (χ4n) is 1.99. The molecular weight excluding hydrogens is 240 g/mol. The lowest BCUT2D eigenvalue weighted by Gasteiger charge is -2.33. The van der Waals surface area contributed by atoms with Crippen molar-refractivity contribution in [1.29, 1.82) is 0 Å². The van der Waals surface area contributed by atoms with Crippen LogP contribution in [0.25, 0.3) is 0 Å². The van der Waals surface area contributed by atoms with Crippen LogP contribution in [0.15, 0.2) is 6.20 Å². The van der Waals surface area contributed by atoms with E-state index in [0.29, 0.717) is 0 Å². The molecule has 0 N–H and O–H groups in total. The Morgan fingerprint density at radius 3 is 3.24 bits per heavy atom. The van der Waals surface area contributed by atoms with Crippen LogP contribution in [-0.4, -0.2) is 41.0 Å². The molecule has 0 bridgehead atoms. The molecule has 1 aliphatic heterocycles. The quantitative estimate of drug-likeness (QED) is 0.824. The van der Waals surface area contributed by atoms with Gasteiger partial charge in [-0.3, -0.25) is 0 Å². The Morgan fingerprint density at radius 1 is 1.59 bits per heavy atom. The molecule has 0 amide bonds. The first-order chi connectivity index (χ1) is 8.29. The fourth-order valence-corrected chi connectivity index (χ4v) is 2.12. The van der Waals surface area contributed by atoms with Gasteiger partial charge in [0, 0.05) is 19.7 Å². The molecule has 1 aliphatic rings. The van der Waals surface area contributed by atoms with Crippen LogP contribution in [0.4, 0.5) is 5.82 Å². The van der Waals surface area contributed by atoms with Gasteiger partial charge in [-0.25, -0.2) is 0 Å². The first-order valence-electron chi connectivity index (χ1n) is 6.01. The summed E-state index contributed by atoms with van der Waals surface area (Å²) in [6.45, 7) is 4.77. The predicted molar refractivity (Wildman–Crippen MR) is 66.3 cm³/mol. The SMILES string of the molecule is CCCOC1CCCN(c2cnnc(Cl)n2)C1. The zero-order chi connectivity index (χ0) is 12.1. The van der Waals surface area contributed by atoms with Crippen LogP contribution in [0.1, 0.15) is 26.2 Å². The number of nitrogens with zero attached hydrogens (tertiary/aromatic N) is 4. The van der Waals surface area contributed by atoms with Crippen LogP contribution in [0.2, 0.25) is 5.28 Å². The van der Waals surface area contributed by atoms with E-state index in [1.54, 1.807) is 6.20 Å². The molecule has 1 fully saturated rings. The normalized spacial score (nSPS) is 20.6. The summed E-state index contributed by atoms with van der Waals surface area (Å²) < 4.78 is 5.78. The van der Waals surface area contributed by atoms with Crippen molar-refractivity contribution in [3.8, 4) is 0 Å².